The van der Waals surface area contributed by atoms with Gasteiger partial charge in [-0.3, -0.25) is 9.59 Å². The average molecular weight is 706 g/mol. The molecule has 50 heavy (non-hydrogen) atoms. The molecule has 0 aliphatic carbocycles. The van der Waals surface area contributed by atoms with Gasteiger partial charge in [-0.15, -0.1) is 0 Å². The number of rotatable bonds is 35. The van der Waals surface area contributed by atoms with E-state index in [1.807, 2.05) is 6.08 Å². The van der Waals surface area contributed by atoms with Gasteiger partial charge < -0.3 is 28.6 Å². The van der Waals surface area contributed by atoms with E-state index in [-0.39, 0.29) is 49.1 Å². The number of ether oxygens (including phenoxy) is 3. The highest BCUT2D eigenvalue weighted by Gasteiger charge is 2.25. The van der Waals surface area contributed by atoms with E-state index in [1.54, 1.807) is 21.1 Å². The molecule has 0 amide bonds. The fraction of sp³-hybridized carbons (Fsp3) is 0.786. The second-order valence-corrected chi connectivity index (χ2v) is 14.5. The number of allylic oxidation sites excluding steroid dienone is 6. The first-order chi connectivity index (χ1) is 24.1. The van der Waals surface area contributed by atoms with Crippen LogP contribution in [-0.4, -0.2) is 75.5 Å². The Labute approximate surface area is 306 Å². The van der Waals surface area contributed by atoms with Crippen LogP contribution in [0.3, 0.4) is 0 Å². The van der Waals surface area contributed by atoms with Crippen LogP contribution in [0.25, 0.3) is 0 Å². The summed E-state index contributed by atoms with van der Waals surface area (Å²) in [5, 5.41) is 11.6. The largest absolute Gasteiger partial charge is 0.544 e. The number of unbranched alkanes of at least 4 members (excludes halogenated alkanes) is 16. The van der Waals surface area contributed by atoms with E-state index in [4.69, 9.17) is 14.2 Å². The molecule has 0 radical (unpaired) electrons. The molecule has 0 spiro atoms. The lowest BCUT2D eigenvalue weighted by Gasteiger charge is -2.34. The quantitative estimate of drug-likeness (QED) is 0.0213. The normalized spacial score (nSPS) is 13.4. The van der Waals surface area contributed by atoms with Gasteiger partial charge in [-0.05, 0) is 51.4 Å². The van der Waals surface area contributed by atoms with Crippen LogP contribution in [0.4, 0.5) is 0 Å². The molecule has 0 aromatic carbocycles. The molecule has 0 fully saturated rings. The molecule has 0 aromatic rings. The van der Waals surface area contributed by atoms with Crippen LogP contribution in [0.15, 0.2) is 36.5 Å². The van der Waals surface area contributed by atoms with Gasteiger partial charge in [0.2, 0.25) is 0 Å². The number of hydrogen-bond acceptors (Lipinski definition) is 7. The second kappa shape index (κ2) is 33.7. The summed E-state index contributed by atoms with van der Waals surface area (Å²) in [5.41, 5.74) is 0. The summed E-state index contributed by atoms with van der Waals surface area (Å²) < 4.78 is 17.0. The van der Waals surface area contributed by atoms with Crippen molar-refractivity contribution in [1.29, 1.82) is 0 Å². The van der Waals surface area contributed by atoms with Crippen molar-refractivity contribution in [3.63, 3.8) is 0 Å². The van der Waals surface area contributed by atoms with Gasteiger partial charge in [-0.2, -0.15) is 0 Å². The van der Waals surface area contributed by atoms with Crippen molar-refractivity contribution in [3.05, 3.63) is 36.5 Å². The van der Waals surface area contributed by atoms with Crippen molar-refractivity contribution in [2.45, 2.75) is 174 Å². The Morgan fingerprint density at radius 2 is 1.10 bits per heavy atom. The number of carbonyl (C=O) groups is 3. The molecule has 0 N–H and O–H groups in total. The van der Waals surface area contributed by atoms with E-state index in [0.29, 0.717) is 12.8 Å². The molecule has 8 heteroatoms. The Kier molecular flexibility index (Phi) is 32.0. The molecule has 290 valence electrons. The van der Waals surface area contributed by atoms with E-state index in [9.17, 15) is 19.5 Å². The highest BCUT2D eigenvalue weighted by atomic mass is 16.6. The Morgan fingerprint density at radius 1 is 0.600 bits per heavy atom. The molecule has 0 aliphatic rings. The maximum absolute atomic E-state index is 12.5. The van der Waals surface area contributed by atoms with E-state index >= 15 is 0 Å². The predicted octanol–water partition coefficient (Wildman–Crippen LogP) is 8.96. The third-order valence-corrected chi connectivity index (χ3v) is 8.79. The Balaban J connectivity index is 4.25. The van der Waals surface area contributed by atoms with E-state index in [2.05, 4.69) is 44.2 Å². The minimum atomic E-state index is -1.13. The van der Waals surface area contributed by atoms with Crippen LogP contribution in [0.1, 0.15) is 162 Å². The van der Waals surface area contributed by atoms with Crippen molar-refractivity contribution >= 4 is 17.9 Å². The monoisotopic (exact) mass is 706 g/mol. The number of carbonyl (C=O) groups excluding carboxylic acids is 3. The summed E-state index contributed by atoms with van der Waals surface area (Å²) >= 11 is 0. The van der Waals surface area contributed by atoms with Gasteiger partial charge in [-0.25, -0.2) is 0 Å². The first-order valence-corrected chi connectivity index (χ1v) is 20.0. The second-order valence-electron chi connectivity index (χ2n) is 14.5. The number of carboxylic acids is 1. The molecule has 2 atom stereocenters. The fourth-order valence-electron chi connectivity index (χ4n) is 5.61. The minimum Gasteiger partial charge on any atom is -0.544 e. The van der Waals surface area contributed by atoms with Gasteiger partial charge in [0, 0.05) is 19.3 Å². The lowest BCUT2D eigenvalue weighted by molar-refractivity contribution is -0.889. The number of nitrogens with zero attached hydrogens (tertiary/aromatic N) is 1. The average Bonchev–Trinajstić information content (AvgIpc) is 3.06. The maximum atomic E-state index is 12.5. The molecule has 0 aliphatic heterocycles. The van der Waals surface area contributed by atoms with Crippen LogP contribution in [-0.2, 0) is 28.6 Å². The first kappa shape index (κ1) is 47.5. The Hall–Kier alpha value is -2.45. The molecule has 0 heterocycles. The number of carboxylic acid groups (broad SMARTS) is 1. The zero-order chi connectivity index (χ0) is 37.1. The number of hydrogen-bond donors (Lipinski definition) is 0. The first-order valence-electron chi connectivity index (χ1n) is 20.0. The third kappa shape index (κ3) is 31.5. The molecule has 2 unspecified atom stereocenters. The number of quaternary nitrogens is 1. The highest BCUT2D eigenvalue weighted by Crippen LogP contribution is 2.13. The summed E-state index contributed by atoms with van der Waals surface area (Å²) in [4.78, 5) is 36.5. The van der Waals surface area contributed by atoms with Gasteiger partial charge in [0.15, 0.2) is 6.10 Å². The summed E-state index contributed by atoms with van der Waals surface area (Å²) in [6.07, 6.45) is 36.3. The van der Waals surface area contributed by atoms with Gasteiger partial charge in [0.25, 0.3) is 0 Å². The zero-order valence-electron chi connectivity index (χ0n) is 32.8. The van der Waals surface area contributed by atoms with Crippen LogP contribution in [0.2, 0.25) is 0 Å². The van der Waals surface area contributed by atoms with Crippen molar-refractivity contribution in [3.8, 4) is 0 Å². The topological polar surface area (TPSA) is 102 Å². The molecule has 0 bridgehead atoms. The smallest absolute Gasteiger partial charge is 0.306 e. The molecule has 0 saturated heterocycles. The zero-order valence-corrected chi connectivity index (χ0v) is 32.8. The molecule has 8 nitrogen and oxygen atoms in total. The minimum absolute atomic E-state index is 0.0245. The van der Waals surface area contributed by atoms with Crippen molar-refractivity contribution < 1.29 is 38.2 Å². The lowest BCUT2D eigenvalue weighted by Crippen LogP contribution is -2.55. The van der Waals surface area contributed by atoms with E-state index in [1.165, 1.54) is 89.9 Å². The van der Waals surface area contributed by atoms with Crippen molar-refractivity contribution in [1.82, 2.24) is 0 Å². The summed E-state index contributed by atoms with van der Waals surface area (Å²) in [7, 11) is 5.38. The summed E-state index contributed by atoms with van der Waals surface area (Å²) in [5.74, 6) is -1.81. The summed E-state index contributed by atoms with van der Waals surface area (Å²) in [6.45, 7) is 4.51. The van der Waals surface area contributed by atoms with Gasteiger partial charge in [0.1, 0.15) is 12.6 Å². The molecule has 0 aromatic heterocycles. The Bertz CT molecular complexity index is 922. The number of esters is 2. The molecular formula is C42H75NO7. The van der Waals surface area contributed by atoms with Crippen molar-refractivity contribution in [2.75, 3.05) is 41.0 Å². The van der Waals surface area contributed by atoms with E-state index in [0.717, 1.165) is 32.1 Å². The molecular weight excluding hydrogens is 630 g/mol. The van der Waals surface area contributed by atoms with Crippen LogP contribution >= 0.6 is 0 Å². The van der Waals surface area contributed by atoms with Gasteiger partial charge in [-0.1, -0.05) is 127 Å². The molecule has 0 rings (SSSR count). The van der Waals surface area contributed by atoms with Gasteiger partial charge in [0.05, 0.1) is 40.3 Å². The third-order valence-electron chi connectivity index (χ3n) is 8.79. The predicted molar refractivity (Wildman–Crippen MR) is 203 cm³/mol. The van der Waals surface area contributed by atoms with Crippen LogP contribution in [0, 0.1) is 0 Å². The van der Waals surface area contributed by atoms with Gasteiger partial charge >= 0.3 is 11.9 Å². The number of aliphatic carboxylic acids is 1. The SMILES string of the molecule is CCCCC/C=C/C=C/CCCCCCCCCCCCC(=O)OCC(COCCC(C(=O)[O-])[N+](C)(C)C)OC(=O)CC/C=C/CCCCC. The van der Waals surface area contributed by atoms with Crippen molar-refractivity contribution in [2.24, 2.45) is 0 Å². The lowest BCUT2D eigenvalue weighted by atomic mass is 10.1. The fourth-order valence-corrected chi connectivity index (χ4v) is 5.61. The van der Waals surface area contributed by atoms with Crippen LogP contribution in [0.5, 0.6) is 0 Å². The van der Waals surface area contributed by atoms with E-state index < -0.39 is 18.1 Å². The standard InChI is InChI=1S/C42H75NO7/c1-6-8-10-12-14-15-16-17-18-19-20-21-22-23-24-25-27-28-30-32-40(44)49-37-38(36-48-35-34-39(42(46)47)43(3,4)5)50-41(45)33-31-29-26-13-11-9-7-2/h14-17,26,29,38-39H,6-13,18-25,27-28,30-37H2,1-5H3/b15-14+,17-16+,29-26+. The summed E-state index contributed by atoms with van der Waals surface area (Å²) in [6, 6.07) is -0.729. The maximum Gasteiger partial charge on any atom is 0.306 e. The highest BCUT2D eigenvalue weighted by molar-refractivity contribution is 5.70. The van der Waals surface area contributed by atoms with Crippen LogP contribution < -0.4 is 5.11 Å². The Morgan fingerprint density at radius 3 is 1.64 bits per heavy atom. The molecule has 0 saturated carbocycles. The number of likely N-dealkylation sites (N-methyl/N-ethyl adjacent to an activating group) is 1.